The molecule has 1 amide bonds. The van der Waals surface area contributed by atoms with Gasteiger partial charge in [-0.3, -0.25) is 4.79 Å². The number of carbonyl (C=O) groups is 1. The van der Waals surface area contributed by atoms with Gasteiger partial charge in [0.15, 0.2) is 0 Å². The predicted molar refractivity (Wildman–Crippen MR) is 122 cm³/mol. The fourth-order valence-electron chi connectivity index (χ4n) is 3.45. The summed E-state index contributed by atoms with van der Waals surface area (Å²) in [5.41, 5.74) is 1.93. The Labute approximate surface area is 194 Å². The normalized spacial score (nSPS) is 11.7. The average Bonchev–Trinajstić information content (AvgIpc) is 3.28. The van der Waals surface area contributed by atoms with Crippen molar-refractivity contribution in [3.63, 3.8) is 0 Å². The van der Waals surface area contributed by atoms with Gasteiger partial charge in [-0.15, -0.1) is 11.3 Å². The van der Waals surface area contributed by atoms with Crippen LogP contribution in [-0.4, -0.2) is 17.6 Å². The summed E-state index contributed by atoms with van der Waals surface area (Å²) in [5.74, 6) is 0.359. The Bertz CT molecular complexity index is 1280. The van der Waals surface area contributed by atoms with Crippen molar-refractivity contribution in [1.29, 1.82) is 0 Å². The van der Waals surface area contributed by atoms with Crippen molar-refractivity contribution in [2.24, 2.45) is 0 Å². The molecule has 0 bridgehead atoms. The summed E-state index contributed by atoms with van der Waals surface area (Å²) in [6, 6.07) is 16.3. The first-order chi connectivity index (χ1) is 15.2. The topological polar surface area (TPSA) is 43.3 Å². The number of halogens is 4. The molecule has 0 atom stereocenters. The minimum atomic E-state index is -4.43. The van der Waals surface area contributed by atoms with Crippen LogP contribution >= 0.6 is 27.3 Å². The number of alkyl halides is 3. The highest BCUT2D eigenvalue weighted by Gasteiger charge is 2.30. The van der Waals surface area contributed by atoms with E-state index in [1.165, 1.54) is 17.4 Å². The van der Waals surface area contributed by atoms with Crippen molar-refractivity contribution in [1.82, 2.24) is 9.88 Å². The Kier molecular flexibility index (Phi) is 6.30. The van der Waals surface area contributed by atoms with Gasteiger partial charge in [0.2, 0.25) is 0 Å². The van der Waals surface area contributed by atoms with Crippen molar-refractivity contribution in [3.05, 3.63) is 86.8 Å². The molecule has 0 unspecified atom stereocenters. The van der Waals surface area contributed by atoms with Gasteiger partial charge in [-0.25, -0.2) is 0 Å². The van der Waals surface area contributed by atoms with Crippen LogP contribution in [0.15, 0.2) is 64.5 Å². The molecule has 2 aromatic heterocycles. The van der Waals surface area contributed by atoms with E-state index in [4.69, 9.17) is 4.74 Å². The molecule has 32 heavy (non-hydrogen) atoms. The lowest BCUT2D eigenvalue weighted by Gasteiger charge is -2.13. The molecule has 4 rings (SSSR count). The average molecular weight is 523 g/mol. The largest absolute Gasteiger partial charge is 0.497 e. The quantitative estimate of drug-likeness (QED) is 0.315. The fourth-order valence-corrected chi connectivity index (χ4v) is 5.02. The van der Waals surface area contributed by atoms with E-state index in [0.29, 0.717) is 23.6 Å². The number of hydrogen-bond acceptors (Lipinski definition) is 3. The van der Waals surface area contributed by atoms with Gasteiger partial charge in [-0.05, 0) is 63.5 Å². The van der Waals surface area contributed by atoms with E-state index in [-0.39, 0.29) is 12.5 Å². The Morgan fingerprint density at radius 2 is 1.84 bits per heavy atom. The Hall–Kier alpha value is -2.78. The predicted octanol–water partition coefficient (Wildman–Crippen LogP) is 6.47. The van der Waals surface area contributed by atoms with E-state index in [1.807, 2.05) is 34.9 Å². The zero-order valence-corrected chi connectivity index (χ0v) is 19.3. The SMILES string of the molecule is COc1cccc(Cn2c(C(=O)NCc3cccc(C(F)(F)F)c3)cc3sc(Br)cc32)c1. The monoisotopic (exact) mass is 522 g/mol. The van der Waals surface area contributed by atoms with Crippen LogP contribution in [0, 0.1) is 0 Å². The van der Waals surface area contributed by atoms with Gasteiger partial charge in [0, 0.05) is 13.1 Å². The lowest BCUT2D eigenvalue weighted by atomic mass is 10.1. The molecule has 0 radical (unpaired) electrons. The van der Waals surface area contributed by atoms with Gasteiger partial charge in [0.25, 0.3) is 5.91 Å². The third kappa shape index (κ3) is 4.83. The van der Waals surface area contributed by atoms with Crippen molar-refractivity contribution >= 4 is 43.4 Å². The summed E-state index contributed by atoms with van der Waals surface area (Å²) in [4.78, 5) is 13.0. The first-order valence-electron chi connectivity index (χ1n) is 9.60. The number of rotatable bonds is 6. The minimum absolute atomic E-state index is 0.00949. The molecule has 0 aliphatic rings. The zero-order valence-electron chi connectivity index (χ0n) is 16.9. The van der Waals surface area contributed by atoms with Crippen LogP contribution in [0.3, 0.4) is 0 Å². The van der Waals surface area contributed by atoms with Gasteiger partial charge in [-0.2, -0.15) is 13.2 Å². The minimum Gasteiger partial charge on any atom is -0.497 e. The Morgan fingerprint density at radius 3 is 2.59 bits per heavy atom. The molecule has 0 saturated carbocycles. The summed E-state index contributed by atoms with van der Waals surface area (Å²) >= 11 is 4.99. The molecule has 0 aliphatic carbocycles. The molecule has 0 saturated heterocycles. The second-order valence-corrected chi connectivity index (χ2v) is 9.61. The fraction of sp³-hybridized carbons (Fsp3) is 0.174. The van der Waals surface area contributed by atoms with E-state index in [1.54, 1.807) is 19.2 Å². The number of carbonyl (C=O) groups excluding carboxylic acids is 1. The van der Waals surface area contributed by atoms with E-state index >= 15 is 0 Å². The maximum atomic E-state index is 13.0. The molecule has 2 heterocycles. The number of ether oxygens (including phenoxy) is 1. The number of hydrogen-bond donors (Lipinski definition) is 1. The first kappa shape index (κ1) is 22.4. The highest BCUT2D eigenvalue weighted by molar-refractivity contribution is 9.11. The number of fused-ring (bicyclic) bond motifs is 1. The molecule has 166 valence electrons. The number of methoxy groups -OCH3 is 1. The van der Waals surface area contributed by atoms with E-state index in [2.05, 4.69) is 21.2 Å². The molecular weight excluding hydrogens is 505 g/mol. The van der Waals surface area contributed by atoms with Gasteiger partial charge in [0.1, 0.15) is 11.4 Å². The second-order valence-electron chi connectivity index (χ2n) is 7.15. The first-order valence-corrected chi connectivity index (χ1v) is 11.2. The van der Waals surface area contributed by atoms with E-state index < -0.39 is 11.7 Å². The van der Waals surface area contributed by atoms with Crippen molar-refractivity contribution < 1.29 is 22.7 Å². The number of nitrogens with one attached hydrogen (secondary N) is 1. The third-order valence-electron chi connectivity index (χ3n) is 4.97. The van der Waals surface area contributed by atoms with Crippen LogP contribution in [0.4, 0.5) is 13.2 Å². The number of benzene rings is 2. The smallest absolute Gasteiger partial charge is 0.416 e. The standard InChI is InChI=1S/C23H18BrF3N2O2S/c1-31-17-7-3-5-15(9-17)13-29-18-11-21(24)32-20(18)10-19(29)22(30)28-12-14-4-2-6-16(8-14)23(25,26)27/h2-11H,12-13H2,1H3,(H,28,30). The molecular formula is C23H18BrF3N2O2S. The molecule has 9 heteroatoms. The summed E-state index contributed by atoms with van der Waals surface area (Å²) in [6.45, 7) is 0.431. The lowest BCUT2D eigenvalue weighted by Crippen LogP contribution is -2.25. The van der Waals surface area contributed by atoms with Crippen LogP contribution < -0.4 is 10.1 Å². The van der Waals surface area contributed by atoms with Crippen molar-refractivity contribution in [3.8, 4) is 5.75 Å². The molecule has 1 N–H and O–H groups in total. The number of amides is 1. The maximum Gasteiger partial charge on any atom is 0.416 e. The van der Waals surface area contributed by atoms with E-state index in [0.717, 1.165) is 31.7 Å². The van der Waals surface area contributed by atoms with Crippen LogP contribution in [0.2, 0.25) is 0 Å². The summed E-state index contributed by atoms with van der Waals surface area (Å²) in [6.07, 6.45) is -4.43. The van der Waals surface area contributed by atoms with Gasteiger partial charge in [-0.1, -0.05) is 24.3 Å². The van der Waals surface area contributed by atoms with Gasteiger partial charge < -0.3 is 14.6 Å². The number of nitrogens with zero attached hydrogens (tertiary/aromatic N) is 1. The molecule has 0 fully saturated rings. The highest BCUT2D eigenvalue weighted by atomic mass is 79.9. The van der Waals surface area contributed by atoms with Crippen molar-refractivity contribution in [2.75, 3.05) is 7.11 Å². The highest BCUT2D eigenvalue weighted by Crippen LogP contribution is 2.33. The second kappa shape index (κ2) is 8.99. The number of thiophene rings is 1. The molecule has 4 nitrogen and oxygen atoms in total. The van der Waals surface area contributed by atoms with Crippen molar-refractivity contribution in [2.45, 2.75) is 19.3 Å². The van der Waals surface area contributed by atoms with Crippen LogP contribution in [-0.2, 0) is 19.3 Å². The van der Waals surface area contributed by atoms with Gasteiger partial charge in [0.05, 0.1) is 26.7 Å². The molecule has 0 aliphatic heterocycles. The Balaban J connectivity index is 1.60. The van der Waals surface area contributed by atoms with Crippen LogP contribution in [0.1, 0.15) is 27.2 Å². The van der Waals surface area contributed by atoms with E-state index in [9.17, 15) is 18.0 Å². The summed E-state index contributed by atoms with van der Waals surface area (Å²) < 4.78 is 47.9. The summed E-state index contributed by atoms with van der Waals surface area (Å²) in [7, 11) is 1.59. The van der Waals surface area contributed by atoms with Crippen LogP contribution in [0.5, 0.6) is 5.75 Å². The van der Waals surface area contributed by atoms with Crippen LogP contribution in [0.25, 0.3) is 10.2 Å². The molecule has 2 aromatic carbocycles. The number of aromatic nitrogens is 1. The summed E-state index contributed by atoms with van der Waals surface area (Å²) in [5, 5.41) is 2.75. The Morgan fingerprint density at radius 1 is 1.09 bits per heavy atom. The maximum absolute atomic E-state index is 13.0. The zero-order chi connectivity index (χ0) is 22.9. The lowest BCUT2D eigenvalue weighted by molar-refractivity contribution is -0.137. The molecule has 0 spiro atoms. The molecule has 4 aromatic rings. The van der Waals surface area contributed by atoms with Gasteiger partial charge >= 0.3 is 6.18 Å². The third-order valence-corrected chi connectivity index (χ3v) is 6.55.